The largest absolute Gasteiger partial charge is 0.493 e. The molecule has 0 spiro atoms. The van der Waals surface area contributed by atoms with Crippen LogP contribution >= 0.6 is 46.6 Å². The SMILES string of the molecule is COc1cc(/C=C2\SC(=S)NC2=O)cc(I)c1OS(=O)(=O)c1ccc(C)cc1. The minimum absolute atomic E-state index is 0.0506. The Morgan fingerprint density at radius 1 is 1.21 bits per heavy atom. The van der Waals surface area contributed by atoms with Crippen molar-refractivity contribution in [2.75, 3.05) is 7.11 Å². The summed E-state index contributed by atoms with van der Waals surface area (Å²) in [6, 6.07) is 9.67. The first-order valence-corrected chi connectivity index (χ1v) is 11.5. The Morgan fingerprint density at radius 2 is 1.89 bits per heavy atom. The van der Waals surface area contributed by atoms with Crippen molar-refractivity contribution in [3.8, 4) is 11.5 Å². The molecule has 0 bridgehead atoms. The Bertz CT molecular complexity index is 1090. The fraction of sp³-hybridized carbons (Fsp3) is 0.111. The molecule has 0 saturated carbocycles. The number of halogens is 1. The number of carbonyl (C=O) groups excluding carboxylic acids is 1. The van der Waals surface area contributed by atoms with Crippen LogP contribution in [0.5, 0.6) is 11.5 Å². The Hall–Kier alpha value is -1.63. The van der Waals surface area contributed by atoms with Crippen LogP contribution in [-0.2, 0) is 14.9 Å². The van der Waals surface area contributed by atoms with Gasteiger partial charge in [-0.15, -0.1) is 0 Å². The van der Waals surface area contributed by atoms with Crippen LogP contribution in [0.15, 0.2) is 46.2 Å². The normalized spacial score (nSPS) is 15.6. The zero-order chi connectivity index (χ0) is 20.5. The van der Waals surface area contributed by atoms with Gasteiger partial charge >= 0.3 is 10.1 Å². The monoisotopic (exact) mass is 547 g/mol. The van der Waals surface area contributed by atoms with Crippen molar-refractivity contribution < 1.29 is 22.1 Å². The van der Waals surface area contributed by atoms with Crippen molar-refractivity contribution in [1.82, 2.24) is 5.32 Å². The highest BCUT2D eigenvalue weighted by molar-refractivity contribution is 14.1. The van der Waals surface area contributed by atoms with Crippen LogP contribution < -0.4 is 14.2 Å². The summed E-state index contributed by atoms with van der Waals surface area (Å²) in [5.41, 5.74) is 1.60. The van der Waals surface area contributed by atoms with Crippen LogP contribution in [-0.4, -0.2) is 25.8 Å². The van der Waals surface area contributed by atoms with Gasteiger partial charge in [0, 0.05) is 0 Å². The minimum Gasteiger partial charge on any atom is -0.493 e. The van der Waals surface area contributed by atoms with Gasteiger partial charge < -0.3 is 14.2 Å². The van der Waals surface area contributed by atoms with Gasteiger partial charge in [-0.1, -0.05) is 41.7 Å². The lowest BCUT2D eigenvalue weighted by Gasteiger charge is -2.13. The van der Waals surface area contributed by atoms with E-state index in [-0.39, 0.29) is 22.3 Å². The number of carbonyl (C=O) groups is 1. The van der Waals surface area contributed by atoms with Gasteiger partial charge in [-0.05, 0) is 65.4 Å². The lowest BCUT2D eigenvalue weighted by atomic mass is 10.2. The van der Waals surface area contributed by atoms with Crippen molar-refractivity contribution in [2.45, 2.75) is 11.8 Å². The average Bonchev–Trinajstić information content (AvgIpc) is 2.94. The maximum absolute atomic E-state index is 12.6. The smallest absolute Gasteiger partial charge is 0.339 e. The van der Waals surface area contributed by atoms with Gasteiger partial charge in [-0.3, -0.25) is 4.79 Å². The number of nitrogens with one attached hydrogen (secondary N) is 1. The zero-order valence-electron chi connectivity index (χ0n) is 14.7. The second-order valence-corrected chi connectivity index (χ2v) is 10.2. The fourth-order valence-corrected chi connectivity index (χ4v) is 5.23. The number of thioether (sulfide) groups is 1. The molecular formula is C18H14INO5S3. The summed E-state index contributed by atoms with van der Waals surface area (Å²) in [7, 11) is -2.61. The Morgan fingerprint density at radius 3 is 2.46 bits per heavy atom. The zero-order valence-corrected chi connectivity index (χ0v) is 19.3. The lowest BCUT2D eigenvalue weighted by Crippen LogP contribution is -2.17. The molecule has 0 atom stereocenters. The van der Waals surface area contributed by atoms with Crippen LogP contribution in [0, 0.1) is 10.5 Å². The third-order valence-electron chi connectivity index (χ3n) is 3.69. The van der Waals surface area contributed by atoms with E-state index >= 15 is 0 Å². The molecule has 3 rings (SSSR count). The van der Waals surface area contributed by atoms with Gasteiger partial charge in [-0.2, -0.15) is 8.42 Å². The number of hydrogen-bond donors (Lipinski definition) is 1. The maximum atomic E-state index is 12.6. The Balaban J connectivity index is 1.96. The Labute approximate surface area is 185 Å². The molecule has 2 aromatic rings. The van der Waals surface area contributed by atoms with Crippen molar-refractivity contribution >= 4 is 73.0 Å². The molecule has 0 aliphatic carbocycles. The second kappa shape index (κ2) is 8.39. The maximum Gasteiger partial charge on any atom is 0.339 e. The molecule has 0 radical (unpaired) electrons. The number of amides is 1. The van der Waals surface area contributed by atoms with E-state index in [4.69, 9.17) is 21.1 Å². The number of benzene rings is 2. The third-order valence-corrected chi connectivity index (χ3v) is 6.89. The molecule has 0 unspecified atom stereocenters. The molecule has 1 saturated heterocycles. The molecule has 10 heteroatoms. The van der Waals surface area contributed by atoms with Crippen LogP contribution in [0.2, 0.25) is 0 Å². The molecule has 146 valence electrons. The molecule has 1 fully saturated rings. The van der Waals surface area contributed by atoms with Crippen LogP contribution in [0.4, 0.5) is 0 Å². The predicted octanol–water partition coefficient (Wildman–Crippen LogP) is 3.86. The highest BCUT2D eigenvalue weighted by Gasteiger charge is 2.24. The predicted molar refractivity (Wildman–Crippen MR) is 121 cm³/mol. The van der Waals surface area contributed by atoms with Gasteiger partial charge in [0.05, 0.1) is 15.6 Å². The third kappa shape index (κ3) is 4.67. The summed E-state index contributed by atoms with van der Waals surface area (Å²) in [4.78, 5) is 12.3. The van der Waals surface area contributed by atoms with Crippen LogP contribution in [0.25, 0.3) is 6.08 Å². The van der Waals surface area contributed by atoms with Gasteiger partial charge in [0.25, 0.3) is 5.91 Å². The van der Waals surface area contributed by atoms with E-state index in [0.717, 1.165) is 17.3 Å². The minimum atomic E-state index is -4.02. The van der Waals surface area contributed by atoms with E-state index in [1.54, 1.807) is 30.3 Å². The van der Waals surface area contributed by atoms with Gasteiger partial charge in [0.2, 0.25) is 0 Å². The molecule has 1 N–H and O–H groups in total. The molecular weight excluding hydrogens is 533 g/mol. The number of rotatable bonds is 5. The molecule has 1 aliphatic rings. The topological polar surface area (TPSA) is 81.7 Å². The fourth-order valence-electron chi connectivity index (χ4n) is 2.34. The van der Waals surface area contributed by atoms with Crippen LogP contribution in [0.1, 0.15) is 11.1 Å². The van der Waals surface area contributed by atoms with Crippen molar-refractivity contribution in [1.29, 1.82) is 0 Å². The van der Waals surface area contributed by atoms with Crippen molar-refractivity contribution in [2.24, 2.45) is 0 Å². The first kappa shape index (κ1) is 21.1. The lowest BCUT2D eigenvalue weighted by molar-refractivity contribution is -0.115. The molecule has 0 aromatic heterocycles. The van der Waals surface area contributed by atoms with E-state index in [9.17, 15) is 13.2 Å². The van der Waals surface area contributed by atoms with Crippen molar-refractivity contribution in [3.63, 3.8) is 0 Å². The molecule has 6 nitrogen and oxygen atoms in total. The second-order valence-electron chi connectivity index (χ2n) is 5.74. The molecule has 1 amide bonds. The average molecular weight is 547 g/mol. The van der Waals surface area contributed by atoms with Gasteiger partial charge in [-0.25, -0.2) is 0 Å². The summed E-state index contributed by atoms with van der Waals surface area (Å²) in [6.07, 6.45) is 1.65. The molecule has 28 heavy (non-hydrogen) atoms. The van der Waals surface area contributed by atoms with E-state index in [1.807, 2.05) is 29.5 Å². The quantitative estimate of drug-likeness (QED) is 0.264. The van der Waals surface area contributed by atoms with Gasteiger partial charge in [0.15, 0.2) is 11.5 Å². The van der Waals surface area contributed by atoms with Crippen LogP contribution in [0.3, 0.4) is 0 Å². The molecule has 1 aliphatic heterocycles. The number of thiocarbonyl (C=S) groups is 1. The summed E-state index contributed by atoms with van der Waals surface area (Å²) < 4.78 is 36.8. The standard InChI is InChI=1S/C18H14INO5S3/c1-10-3-5-12(6-4-10)28(22,23)25-16-13(19)7-11(8-14(16)24-2)9-15-17(21)20-18(26)27-15/h3-9H,1-2H3,(H,20,21,26)/b15-9-. The van der Waals surface area contributed by atoms with E-state index < -0.39 is 10.1 Å². The first-order chi connectivity index (χ1) is 13.2. The highest BCUT2D eigenvalue weighted by atomic mass is 127. The summed E-state index contributed by atoms with van der Waals surface area (Å²) in [6.45, 7) is 1.87. The van der Waals surface area contributed by atoms with Crippen molar-refractivity contribution in [3.05, 3.63) is 56.0 Å². The number of methoxy groups -OCH3 is 1. The van der Waals surface area contributed by atoms with E-state index in [0.29, 0.717) is 18.4 Å². The number of ether oxygens (including phenoxy) is 1. The highest BCUT2D eigenvalue weighted by Crippen LogP contribution is 2.37. The number of aryl methyl sites for hydroxylation is 1. The summed E-state index contributed by atoms with van der Waals surface area (Å²) >= 11 is 8.10. The molecule has 2 aromatic carbocycles. The first-order valence-electron chi connectivity index (χ1n) is 7.83. The molecule has 1 heterocycles. The van der Waals surface area contributed by atoms with E-state index in [1.165, 1.54) is 19.2 Å². The Kier molecular flexibility index (Phi) is 6.32. The van der Waals surface area contributed by atoms with Gasteiger partial charge in [0.1, 0.15) is 9.22 Å². The van der Waals surface area contributed by atoms with E-state index in [2.05, 4.69) is 5.32 Å². The summed E-state index contributed by atoms with van der Waals surface area (Å²) in [5.74, 6) is 0.0524. The number of hydrogen-bond acceptors (Lipinski definition) is 7. The summed E-state index contributed by atoms with van der Waals surface area (Å²) in [5, 5.41) is 2.54.